The van der Waals surface area contributed by atoms with Crippen LogP contribution in [-0.4, -0.2) is 41.6 Å². The SMILES string of the molecule is CN(C)c1ccc([C@H]2c3sc(=O)n(CC(=O)Nc4ccc(F)cc4)c3SC3C(=O)N(c4ccccc4)C(=O)C32)cc1. The lowest BCUT2D eigenvalue weighted by molar-refractivity contribution is -0.122. The number of thiazole rings is 1. The van der Waals surface area contributed by atoms with Crippen molar-refractivity contribution in [2.24, 2.45) is 5.92 Å². The number of aromatic nitrogens is 1. The molecule has 8 nitrogen and oxygen atoms in total. The molecular formula is C30H25FN4O4S2. The van der Waals surface area contributed by atoms with Gasteiger partial charge >= 0.3 is 4.87 Å². The summed E-state index contributed by atoms with van der Waals surface area (Å²) in [6.45, 7) is -0.288. The van der Waals surface area contributed by atoms with Crippen LogP contribution in [0, 0.1) is 11.7 Å². The molecule has 1 fully saturated rings. The summed E-state index contributed by atoms with van der Waals surface area (Å²) < 4.78 is 14.7. The van der Waals surface area contributed by atoms with E-state index in [0.29, 0.717) is 21.3 Å². The topological polar surface area (TPSA) is 91.7 Å². The first-order valence-electron chi connectivity index (χ1n) is 12.9. The maximum absolute atomic E-state index is 13.9. The molecule has 1 saturated heterocycles. The number of amides is 3. The van der Waals surface area contributed by atoms with Gasteiger partial charge in [0, 0.05) is 36.3 Å². The van der Waals surface area contributed by atoms with Crippen LogP contribution < -0.4 is 20.0 Å². The molecule has 0 spiro atoms. The van der Waals surface area contributed by atoms with Gasteiger partial charge in [-0.2, -0.15) is 0 Å². The molecule has 0 aliphatic carbocycles. The van der Waals surface area contributed by atoms with E-state index >= 15 is 0 Å². The first-order chi connectivity index (χ1) is 19.7. The van der Waals surface area contributed by atoms with Gasteiger partial charge in [-0.1, -0.05) is 53.4 Å². The van der Waals surface area contributed by atoms with Crippen LogP contribution in [0.5, 0.6) is 0 Å². The summed E-state index contributed by atoms with van der Waals surface area (Å²) in [7, 11) is 3.86. The molecule has 3 heterocycles. The molecule has 2 unspecified atom stereocenters. The lowest BCUT2D eigenvalue weighted by Gasteiger charge is -2.31. The number of hydrogen-bond donors (Lipinski definition) is 1. The molecule has 0 bridgehead atoms. The van der Waals surface area contributed by atoms with Gasteiger partial charge in [-0.05, 0) is 54.1 Å². The first kappa shape index (κ1) is 27.0. The highest BCUT2D eigenvalue weighted by Crippen LogP contribution is 2.54. The second kappa shape index (κ2) is 10.6. The van der Waals surface area contributed by atoms with E-state index in [1.165, 1.54) is 45.5 Å². The zero-order valence-electron chi connectivity index (χ0n) is 22.1. The number of hydrogen-bond acceptors (Lipinski definition) is 7. The monoisotopic (exact) mass is 588 g/mol. The van der Waals surface area contributed by atoms with Crippen LogP contribution in [0.15, 0.2) is 88.7 Å². The van der Waals surface area contributed by atoms with E-state index in [9.17, 15) is 23.6 Å². The summed E-state index contributed by atoms with van der Waals surface area (Å²) in [5, 5.41) is 2.43. The zero-order chi connectivity index (χ0) is 28.8. The smallest absolute Gasteiger partial charge is 0.308 e. The quantitative estimate of drug-likeness (QED) is 0.333. The van der Waals surface area contributed by atoms with Crippen LogP contribution in [0.1, 0.15) is 16.4 Å². The van der Waals surface area contributed by atoms with Gasteiger partial charge in [0.25, 0.3) is 0 Å². The lowest BCUT2D eigenvalue weighted by atomic mass is 9.83. The lowest BCUT2D eigenvalue weighted by Crippen LogP contribution is -2.33. The molecule has 208 valence electrons. The van der Waals surface area contributed by atoms with Crippen molar-refractivity contribution in [1.82, 2.24) is 4.57 Å². The molecule has 3 atom stereocenters. The summed E-state index contributed by atoms with van der Waals surface area (Å²) in [4.78, 5) is 57.4. The Morgan fingerprint density at radius 1 is 0.927 bits per heavy atom. The Balaban J connectivity index is 1.41. The number of benzene rings is 3. The molecule has 11 heteroatoms. The summed E-state index contributed by atoms with van der Waals surface area (Å²) in [6.07, 6.45) is 0. The molecule has 1 aromatic heterocycles. The van der Waals surface area contributed by atoms with E-state index < -0.39 is 28.8 Å². The van der Waals surface area contributed by atoms with E-state index in [1.807, 2.05) is 49.3 Å². The highest BCUT2D eigenvalue weighted by molar-refractivity contribution is 8.00. The predicted molar refractivity (Wildman–Crippen MR) is 158 cm³/mol. The van der Waals surface area contributed by atoms with Crippen molar-refractivity contribution in [2.75, 3.05) is 29.2 Å². The predicted octanol–water partition coefficient (Wildman–Crippen LogP) is 4.55. The van der Waals surface area contributed by atoms with Crippen LogP contribution in [0.3, 0.4) is 0 Å². The molecule has 41 heavy (non-hydrogen) atoms. The number of anilines is 3. The number of fused-ring (bicyclic) bond motifs is 2. The van der Waals surface area contributed by atoms with Gasteiger partial charge in [0.05, 0.1) is 16.6 Å². The highest BCUT2D eigenvalue weighted by atomic mass is 32.2. The average molecular weight is 589 g/mol. The van der Waals surface area contributed by atoms with E-state index in [-0.39, 0.29) is 23.2 Å². The number of para-hydroxylation sites is 1. The number of imide groups is 1. The standard InChI is InChI=1S/C30H25FN4O4S2/c1-33(2)20-14-8-17(9-15-20)23-24-25(28(38)35(27(24)37)21-6-4-3-5-7-21)40-29-26(23)41-30(39)34(29)16-22(36)32-19-12-10-18(31)11-13-19/h3-15,23-25H,16H2,1-2H3,(H,32,36)/t23-,24?,25?/m1/s1. The van der Waals surface area contributed by atoms with Gasteiger partial charge in [-0.3, -0.25) is 23.7 Å². The third-order valence-electron chi connectivity index (χ3n) is 7.26. The molecule has 0 radical (unpaired) electrons. The molecule has 2 aliphatic rings. The maximum atomic E-state index is 13.9. The molecule has 4 aromatic rings. The highest BCUT2D eigenvalue weighted by Gasteiger charge is 2.56. The van der Waals surface area contributed by atoms with Crippen molar-refractivity contribution >= 4 is 57.9 Å². The summed E-state index contributed by atoms with van der Waals surface area (Å²) in [6, 6.07) is 21.9. The second-order valence-electron chi connectivity index (χ2n) is 10.1. The van der Waals surface area contributed by atoms with Crippen LogP contribution in [0.25, 0.3) is 0 Å². The Morgan fingerprint density at radius 2 is 1.61 bits per heavy atom. The van der Waals surface area contributed by atoms with Gasteiger partial charge < -0.3 is 10.2 Å². The Hall–Kier alpha value is -4.22. The molecule has 3 aromatic carbocycles. The normalized spacial score (nSPS) is 19.6. The van der Waals surface area contributed by atoms with Crippen LogP contribution in [0.2, 0.25) is 0 Å². The fraction of sp³-hybridized carbons (Fsp3) is 0.200. The summed E-state index contributed by atoms with van der Waals surface area (Å²) in [5.74, 6) is -2.82. The van der Waals surface area contributed by atoms with Crippen molar-refractivity contribution in [3.8, 4) is 0 Å². The average Bonchev–Trinajstić information content (AvgIpc) is 3.41. The Labute approximate surface area is 243 Å². The summed E-state index contributed by atoms with van der Waals surface area (Å²) in [5.41, 5.74) is 2.68. The van der Waals surface area contributed by atoms with Crippen LogP contribution in [-0.2, 0) is 20.9 Å². The third kappa shape index (κ3) is 4.85. The molecular weight excluding hydrogens is 563 g/mol. The Morgan fingerprint density at radius 3 is 2.27 bits per heavy atom. The van der Waals surface area contributed by atoms with Crippen molar-refractivity contribution in [1.29, 1.82) is 0 Å². The number of nitrogens with zero attached hydrogens (tertiary/aromatic N) is 3. The number of halogens is 1. The number of rotatable bonds is 6. The van der Waals surface area contributed by atoms with Crippen LogP contribution >= 0.6 is 23.1 Å². The Bertz CT molecular complexity index is 1700. The zero-order valence-corrected chi connectivity index (χ0v) is 23.7. The molecule has 1 N–H and O–H groups in total. The molecule has 3 amide bonds. The van der Waals surface area contributed by atoms with E-state index in [0.717, 1.165) is 22.6 Å². The minimum absolute atomic E-state index is 0.288. The second-order valence-corrected chi connectivity index (χ2v) is 12.2. The summed E-state index contributed by atoms with van der Waals surface area (Å²) >= 11 is 2.16. The maximum Gasteiger partial charge on any atom is 0.308 e. The largest absolute Gasteiger partial charge is 0.378 e. The third-order valence-corrected chi connectivity index (χ3v) is 9.87. The molecule has 6 rings (SSSR count). The van der Waals surface area contributed by atoms with Gasteiger partial charge in [-0.25, -0.2) is 9.29 Å². The fourth-order valence-corrected chi connectivity index (χ4v) is 8.08. The van der Waals surface area contributed by atoms with Gasteiger partial charge in [-0.15, -0.1) is 0 Å². The minimum Gasteiger partial charge on any atom is -0.378 e. The number of nitrogens with one attached hydrogen (secondary N) is 1. The van der Waals surface area contributed by atoms with Crippen LogP contribution in [0.4, 0.5) is 21.5 Å². The van der Waals surface area contributed by atoms with E-state index in [4.69, 9.17) is 0 Å². The van der Waals surface area contributed by atoms with E-state index in [1.54, 1.807) is 24.3 Å². The van der Waals surface area contributed by atoms with Crippen molar-refractivity contribution in [3.63, 3.8) is 0 Å². The number of thioether (sulfide) groups is 1. The van der Waals surface area contributed by atoms with Gasteiger partial charge in [0.1, 0.15) is 17.6 Å². The Kier molecular flexibility index (Phi) is 7.00. The van der Waals surface area contributed by atoms with Crippen molar-refractivity contribution < 1.29 is 18.8 Å². The van der Waals surface area contributed by atoms with Gasteiger partial charge in [0.15, 0.2) is 0 Å². The fourth-order valence-electron chi connectivity index (χ4n) is 5.30. The molecule has 0 saturated carbocycles. The first-order valence-corrected chi connectivity index (χ1v) is 14.6. The van der Waals surface area contributed by atoms with Gasteiger partial charge in [0.2, 0.25) is 17.7 Å². The number of carbonyl (C=O) groups excluding carboxylic acids is 3. The number of carbonyl (C=O) groups is 3. The van der Waals surface area contributed by atoms with Crippen molar-refractivity contribution in [2.45, 2.75) is 22.7 Å². The minimum atomic E-state index is -0.769. The van der Waals surface area contributed by atoms with Crippen molar-refractivity contribution in [3.05, 3.63) is 105 Å². The van der Waals surface area contributed by atoms with E-state index in [2.05, 4.69) is 5.32 Å². The molecule has 2 aliphatic heterocycles.